The number of ether oxygens (including phenoxy) is 1. The van der Waals surface area contributed by atoms with Crippen LogP contribution in [0.5, 0.6) is 0 Å². The zero-order chi connectivity index (χ0) is 17.2. The second kappa shape index (κ2) is 16.7. The van der Waals surface area contributed by atoms with Crippen LogP contribution in [0.2, 0.25) is 0 Å². The first-order valence-electron chi connectivity index (χ1n) is 10.0. The van der Waals surface area contributed by atoms with Gasteiger partial charge in [0.15, 0.2) is 0 Å². The minimum absolute atomic E-state index is 0.333. The number of nitrogens with zero attached hydrogens (tertiary/aromatic N) is 1. The number of rotatable bonds is 18. The maximum absolute atomic E-state index is 9.39. The molecule has 0 spiro atoms. The van der Waals surface area contributed by atoms with Crippen LogP contribution in [0.4, 0.5) is 0 Å². The van der Waals surface area contributed by atoms with Gasteiger partial charge in [0.25, 0.3) is 0 Å². The Morgan fingerprint density at radius 3 is 1.52 bits per heavy atom. The number of quaternary nitrogens is 1. The number of unbranched alkanes of at least 4 members (excludes halogenated alkanes) is 11. The van der Waals surface area contributed by atoms with Gasteiger partial charge in [-0.05, 0) is 24.6 Å². The van der Waals surface area contributed by atoms with Gasteiger partial charge in [-0.15, -0.1) is 0 Å². The molecule has 23 heavy (non-hydrogen) atoms. The topological polar surface area (TPSA) is 49.7 Å². The third kappa shape index (κ3) is 18.0. The molecule has 0 fully saturated rings. The van der Waals surface area contributed by atoms with E-state index in [9.17, 15) is 10.4 Å². The summed E-state index contributed by atoms with van der Waals surface area (Å²) >= 11 is 0. The highest BCUT2D eigenvalue weighted by Gasteiger charge is 2.17. The zero-order valence-electron chi connectivity index (χ0n) is 15.8. The second-order valence-electron chi connectivity index (χ2n) is 6.77. The maximum atomic E-state index is 9.39. The van der Waals surface area contributed by atoms with E-state index in [0.717, 1.165) is 32.5 Å². The SMILES string of the molecule is CCCCCCCCCCCCCOCCCC[N+](O)(O)CC. The molecule has 0 bridgehead atoms. The predicted molar refractivity (Wildman–Crippen MR) is 95.8 cm³/mol. The average molecular weight is 333 g/mol. The number of hydrogen-bond acceptors (Lipinski definition) is 3. The summed E-state index contributed by atoms with van der Waals surface area (Å²) in [7, 11) is 0. The molecule has 0 saturated heterocycles. The lowest BCUT2D eigenvalue weighted by molar-refractivity contribution is -1.24. The van der Waals surface area contributed by atoms with Crippen molar-refractivity contribution >= 4 is 0 Å². The Bertz CT molecular complexity index is 235. The highest BCUT2D eigenvalue weighted by atomic mass is 16.8. The van der Waals surface area contributed by atoms with Crippen molar-refractivity contribution in [2.75, 3.05) is 26.3 Å². The van der Waals surface area contributed by atoms with Gasteiger partial charge < -0.3 is 4.74 Å². The van der Waals surface area contributed by atoms with Crippen molar-refractivity contribution in [1.29, 1.82) is 0 Å². The normalized spacial score (nSPS) is 12.0. The third-order valence-electron chi connectivity index (χ3n) is 4.45. The van der Waals surface area contributed by atoms with Gasteiger partial charge in [-0.2, -0.15) is 10.4 Å². The Labute approximate surface area is 144 Å². The molecule has 0 unspecified atom stereocenters. The summed E-state index contributed by atoms with van der Waals surface area (Å²) in [6.07, 6.45) is 16.6. The van der Waals surface area contributed by atoms with E-state index >= 15 is 0 Å². The summed E-state index contributed by atoms with van der Waals surface area (Å²) in [4.78, 5) is -0.862. The van der Waals surface area contributed by atoms with Crippen LogP contribution in [0.3, 0.4) is 0 Å². The van der Waals surface area contributed by atoms with Crippen LogP contribution >= 0.6 is 0 Å². The monoisotopic (exact) mass is 332 g/mol. The van der Waals surface area contributed by atoms with Crippen molar-refractivity contribution in [3.63, 3.8) is 0 Å². The van der Waals surface area contributed by atoms with Crippen molar-refractivity contribution in [1.82, 2.24) is 0 Å². The smallest absolute Gasteiger partial charge is 0.142 e. The van der Waals surface area contributed by atoms with E-state index in [0.29, 0.717) is 13.1 Å². The lowest BCUT2D eigenvalue weighted by Crippen LogP contribution is -2.41. The molecular weight excluding hydrogens is 290 g/mol. The van der Waals surface area contributed by atoms with E-state index in [1.807, 2.05) is 0 Å². The molecule has 2 N–H and O–H groups in total. The molecule has 0 atom stereocenters. The summed E-state index contributed by atoms with van der Waals surface area (Å²) in [5, 5.41) is 18.8. The van der Waals surface area contributed by atoms with Crippen molar-refractivity contribution in [3.8, 4) is 0 Å². The van der Waals surface area contributed by atoms with E-state index in [2.05, 4.69) is 6.92 Å². The summed E-state index contributed by atoms with van der Waals surface area (Å²) < 4.78 is 5.59. The van der Waals surface area contributed by atoms with Gasteiger partial charge in [0, 0.05) is 19.6 Å². The van der Waals surface area contributed by atoms with Gasteiger partial charge in [-0.3, -0.25) is 0 Å². The molecule has 0 heterocycles. The van der Waals surface area contributed by atoms with E-state index in [-0.39, 0.29) is 0 Å². The number of hydroxylamine groups is 4. The van der Waals surface area contributed by atoms with E-state index in [1.54, 1.807) is 6.92 Å². The highest BCUT2D eigenvalue weighted by molar-refractivity contribution is 4.48. The Balaban J connectivity index is 3.05. The minimum atomic E-state index is -0.862. The van der Waals surface area contributed by atoms with Crippen LogP contribution in [0.1, 0.15) is 97.3 Å². The predicted octanol–water partition coefficient (Wildman–Crippen LogP) is 5.71. The van der Waals surface area contributed by atoms with Crippen molar-refractivity contribution in [2.45, 2.75) is 97.3 Å². The van der Waals surface area contributed by atoms with Crippen LogP contribution in [-0.2, 0) is 4.74 Å². The van der Waals surface area contributed by atoms with Crippen molar-refractivity contribution < 1.29 is 20.0 Å². The van der Waals surface area contributed by atoms with Gasteiger partial charge in [-0.25, -0.2) is 0 Å². The standard InChI is InChI=1S/C19H42NO3/c1-3-5-6-7-8-9-10-11-12-13-15-18-23-19-16-14-17-20(21,22)4-2/h21-22H,3-19H2,1-2H3/q+1. The van der Waals surface area contributed by atoms with Crippen LogP contribution < -0.4 is 0 Å². The summed E-state index contributed by atoms with van der Waals surface area (Å²) in [5.41, 5.74) is 0. The average Bonchev–Trinajstić information content (AvgIpc) is 2.54. The molecule has 0 aliphatic rings. The molecule has 0 aromatic rings. The van der Waals surface area contributed by atoms with Gasteiger partial charge >= 0.3 is 0 Å². The summed E-state index contributed by atoms with van der Waals surface area (Å²) in [5.74, 6) is 0. The maximum Gasteiger partial charge on any atom is 0.142 e. The van der Waals surface area contributed by atoms with Crippen LogP contribution in [-0.4, -0.2) is 41.5 Å². The van der Waals surface area contributed by atoms with Gasteiger partial charge in [0.2, 0.25) is 0 Å². The first-order valence-corrected chi connectivity index (χ1v) is 10.0. The molecule has 0 radical (unpaired) electrons. The van der Waals surface area contributed by atoms with Crippen molar-refractivity contribution in [3.05, 3.63) is 0 Å². The molecule has 0 saturated carbocycles. The Morgan fingerprint density at radius 2 is 1.04 bits per heavy atom. The lowest BCUT2D eigenvalue weighted by atomic mass is 10.1. The van der Waals surface area contributed by atoms with Crippen LogP contribution in [0.15, 0.2) is 0 Å². The molecule has 0 aromatic carbocycles. The molecule has 4 heteroatoms. The lowest BCUT2D eigenvalue weighted by Gasteiger charge is -2.18. The zero-order valence-corrected chi connectivity index (χ0v) is 15.8. The molecule has 0 rings (SSSR count). The first kappa shape index (κ1) is 22.8. The first-order chi connectivity index (χ1) is 11.1. The molecule has 140 valence electrons. The van der Waals surface area contributed by atoms with Gasteiger partial charge in [-0.1, -0.05) is 71.1 Å². The van der Waals surface area contributed by atoms with Crippen LogP contribution in [0.25, 0.3) is 0 Å². The molecule has 0 amide bonds. The molecular formula is C19H42NO3+. The largest absolute Gasteiger partial charge is 0.381 e. The van der Waals surface area contributed by atoms with E-state index in [4.69, 9.17) is 4.74 Å². The molecule has 4 nitrogen and oxygen atoms in total. The fraction of sp³-hybridized carbons (Fsp3) is 1.00. The second-order valence-corrected chi connectivity index (χ2v) is 6.77. The Hall–Kier alpha value is -0.160. The molecule has 0 aromatic heterocycles. The fourth-order valence-corrected chi connectivity index (χ4v) is 2.70. The number of hydrogen-bond donors (Lipinski definition) is 2. The van der Waals surface area contributed by atoms with Gasteiger partial charge in [0.05, 0.1) is 0 Å². The van der Waals surface area contributed by atoms with E-state index in [1.165, 1.54) is 64.2 Å². The summed E-state index contributed by atoms with van der Waals surface area (Å²) in [6, 6.07) is 0. The van der Waals surface area contributed by atoms with Gasteiger partial charge in [0.1, 0.15) is 13.1 Å². The van der Waals surface area contributed by atoms with E-state index < -0.39 is 4.81 Å². The molecule has 0 aliphatic heterocycles. The highest BCUT2D eigenvalue weighted by Crippen LogP contribution is 2.11. The minimum Gasteiger partial charge on any atom is -0.381 e. The Morgan fingerprint density at radius 1 is 0.609 bits per heavy atom. The third-order valence-corrected chi connectivity index (χ3v) is 4.45. The molecule has 0 aliphatic carbocycles. The fourth-order valence-electron chi connectivity index (χ4n) is 2.70. The Kier molecular flexibility index (Phi) is 16.6. The van der Waals surface area contributed by atoms with Crippen molar-refractivity contribution in [2.24, 2.45) is 0 Å². The summed E-state index contributed by atoms with van der Waals surface area (Å²) in [6.45, 7) is 6.34. The van der Waals surface area contributed by atoms with Crippen LogP contribution in [0, 0.1) is 0 Å². The quantitative estimate of drug-likeness (QED) is 0.192.